The summed E-state index contributed by atoms with van der Waals surface area (Å²) in [6, 6.07) is 8.49. The second-order valence-corrected chi connectivity index (χ2v) is 6.85. The van der Waals surface area contributed by atoms with E-state index in [1.807, 2.05) is 6.33 Å². The molecule has 0 radical (unpaired) electrons. The molecule has 3 heteroatoms. The van der Waals surface area contributed by atoms with Gasteiger partial charge >= 0.3 is 0 Å². The van der Waals surface area contributed by atoms with E-state index in [0.717, 1.165) is 37.1 Å². The summed E-state index contributed by atoms with van der Waals surface area (Å²) < 4.78 is 8.70. The molecule has 1 aliphatic rings. The number of benzene rings is 2. The van der Waals surface area contributed by atoms with Gasteiger partial charge in [0.2, 0.25) is 0 Å². The highest BCUT2D eigenvalue weighted by molar-refractivity contribution is 6.09. The molecule has 3 aromatic rings. The Balaban J connectivity index is 2.12. The van der Waals surface area contributed by atoms with E-state index in [1.165, 1.54) is 21.9 Å². The lowest BCUT2D eigenvalue weighted by atomic mass is 9.91. The number of aromatic nitrogens is 2. The van der Waals surface area contributed by atoms with Gasteiger partial charge in [0.25, 0.3) is 0 Å². The van der Waals surface area contributed by atoms with Crippen LogP contribution in [-0.4, -0.2) is 15.2 Å². The molecule has 0 spiro atoms. The molecule has 22 heavy (non-hydrogen) atoms. The van der Waals surface area contributed by atoms with Crippen LogP contribution < -0.4 is 4.74 Å². The van der Waals surface area contributed by atoms with Gasteiger partial charge in [-0.25, -0.2) is 4.98 Å². The zero-order chi connectivity index (χ0) is 15.3. The highest BCUT2D eigenvalue weighted by atomic mass is 16.5. The van der Waals surface area contributed by atoms with Crippen LogP contribution >= 0.6 is 0 Å². The molecule has 1 aliphatic heterocycles. The van der Waals surface area contributed by atoms with Crippen LogP contribution in [0.2, 0.25) is 0 Å². The molecule has 1 aromatic heterocycles. The molecule has 0 saturated carbocycles. The SMILES string of the molecule is CCCn1cnc2c3ccccc3c3c(c21)CCC(C)(C)O3. The van der Waals surface area contributed by atoms with Crippen molar-refractivity contribution in [3.63, 3.8) is 0 Å². The Kier molecular flexibility index (Phi) is 2.93. The largest absolute Gasteiger partial charge is 0.487 e. The minimum atomic E-state index is -0.0982. The second kappa shape index (κ2) is 4.73. The molecule has 0 saturated heterocycles. The maximum absolute atomic E-state index is 6.40. The molecular weight excluding hydrogens is 272 g/mol. The number of aryl methyl sites for hydroxylation is 2. The molecule has 0 aliphatic carbocycles. The Morgan fingerprint density at radius 3 is 2.77 bits per heavy atom. The van der Waals surface area contributed by atoms with Crippen molar-refractivity contribution in [2.24, 2.45) is 0 Å². The highest BCUT2D eigenvalue weighted by Gasteiger charge is 2.30. The predicted molar refractivity (Wildman–Crippen MR) is 90.6 cm³/mol. The Morgan fingerprint density at radius 1 is 1.23 bits per heavy atom. The van der Waals surface area contributed by atoms with Crippen molar-refractivity contribution in [1.29, 1.82) is 0 Å². The number of imidazole rings is 1. The number of nitrogens with zero attached hydrogens (tertiary/aromatic N) is 2. The van der Waals surface area contributed by atoms with E-state index >= 15 is 0 Å². The summed E-state index contributed by atoms with van der Waals surface area (Å²) in [5, 5.41) is 2.39. The monoisotopic (exact) mass is 294 g/mol. The number of hydrogen-bond acceptors (Lipinski definition) is 2. The van der Waals surface area contributed by atoms with Gasteiger partial charge in [0.15, 0.2) is 0 Å². The number of rotatable bonds is 2. The van der Waals surface area contributed by atoms with Crippen LogP contribution in [0.5, 0.6) is 5.75 Å². The average molecular weight is 294 g/mol. The quantitative estimate of drug-likeness (QED) is 0.685. The van der Waals surface area contributed by atoms with Gasteiger partial charge in [-0.05, 0) is 33.1 Å². The topological polar surface area (TPSA) is 27.1 Å². The van der Waals surface area contributed by atoms with Crippen molar-refractivity contribution in [2.75, 3.05) is 0 Å². The lowest BCUT2D eigenvalue weighted by molar-refractivity contribution is 0.0873. The molecule has 3 nitrogen and oxygen atoms in total. The second-order valence-electron chi connectivity index (χ2n) is 6.85. The van der Waals surface area contributed by atoms with Gasteiger partial charge in [-0.3, -0.25) is 0 Å². The molecular formula is C19H22N2O. The summed E-state index contributed by atoms with van der Waals surface area (Å²) in [5.41, 5.74) is 3.62. The van der Waals surface area contributed by atoms with E-state index in [-0.39, 0.29) is 5.60 Å². The van der Waals surface area contributed by atoms with Crippen molar-refractivity contribution in [1.82, 2.24) is 9.55 Å². The Bertz CT molecular complexity index is 861. The van der Waals surface area contributed by atoms with Crippen LogP contribution in [0, 0.1) is 0 Å². The third-order valence-electron chi connectivity index (χ3n) is 4.64. The normalized spacial score (nSPS) is 16.7. The summed E-state index contributed by atoms with van der Waals surface area (Å²) in [5.74, 6) is 1.07. The molecule has 4 rings (SSSR count). The van der Waals surface area contributed by atoms with Crippen LogP contribution in [0.3, 0.4) is 0 Å². The van der Waals surface area contributed by atoms with Crippen molar-refractivity contribution in [3.05, 3.63) is 36.2 Å². The third kappa shape index (κ3) is 1.92. The van der Waals surface area contributed by atoms with Crippen LogP contribution in [0.4, 0.5) is 0 Å². The maximum Gasteiger partial charge on any atom is 0.133 e. The molecule has 2 aromatic carbocycles. The molecule has 0 unspecified atom stereocenters. The van der Waals surface area contributed by atoms with Gasteiger partial charge in [-0.15, -0.1) is 0 Å². The zero-order valence-corrected chi connectivity index (χ0v) is 13.5. The van der Waals surface area contributed by atoms with Crippen LogP contribution in [0.1, 0.15) is 39.2 Å². The minimum Gasteiger partial charge on any atom is -0.487 e. The zero-order valence-electron chi connectivity index (χ0n) is 13.5. The fraction of sp³-hybridized carbons (Fsp3) is 0.421. The molecule has 0 N–H and O–H groups in total. The molecule has 0 amide bonds. The van der Waals surface area contributed by atoms with Crippen molar-refractivity contribution < 1.29 is 4.74 Å². The lowest BCUT2D eigenvalue weighted by Gasteiger charge is -2.34. The highest BCUT2D eigenvalue weighted by Crippen LogP contribution is 2.43. The Labute approximate surface area is 130 Å². The fourth-order valence-electron chi connectivity index (χ4n) is 3.57. The van der Waals surface area contributed by atoms with Gasteiger partial charge in [-0.1, -0.05) is 31.2 Å². The minimum absolute atomic E-state index is 0.0982. The number of hydrogen-bond donors (Lipinski definition) is 0. The van der Waals surface area contributed by atoms with Crippen molar-refractivity contribution in [2.45, 2.75) is 52.2 Å². The van der Waals surface area contributed by atoms with Crippen molar-refractivity contribution in [3.8, 4) is 5.75 Å². The molecule has 114 valence electrons. The van der Waals surface area contributed by atoms with Gasteiger partial charge < -0.3 is 9.30 Å². The number of fused-ring (bicyclic) bond motifs is 6. The lowest BCUT2D eigenvalue weighted by Crippen LogP contribution is -2.33. The Morgan fingerprint density at radius 2 is 2.00 bits per heavy atom. The van der Waals surface area contributed by atoms with Crippen LogP contribution in [0.25, 0.3) is 21.8 Å². The summed E-state index contributed by atoms with van der Waals surface area (Å²) in [6.07, 6.45) is 5.20. The smallest absolute Gasteiger partial charge is 0.133 e. The van der Waals surface area contributed by atoms with Crippen LogP contribution in [0.15, 0.2) is 30.6 Å². The van der Waals surface area contributed by atoms with E-state index in [0.29, 0.717) is 0 Å². The first-order chi connectivity index (χ1) is 10.6. The number of ether oxygens (including phenoxy) is 1. The van der Waals surface area contributed by atoms with Gasteiger partial charge in [0.1, 0.15) is 11.4 Å². The third-order valence-corrected chi connectivity index (χ3v) is 4.64. The predicted octanol–water partition coefficient (Wildman–Crippen LogP) is 4.70. The maximum atomic E-state index is 6.40. The summed E-state index contributed by atoms with van der Waals surface area (Å²) in [6.45, 7) is 7.57. The van der Waals surface area contributed by atoms with E-state index in [1.54, 1.807) is 0 Å². The first-order valence-electron chi connectivity index (χ1n) is 8.18. The van der Waals surface area contributed by atoms with Gasteiger partial charge in [0.05, 0.1) is 17.4 Å². The fourth-order valence-corrected chi connectivity index (χ4v) is 3.57. The Hall–Kier alpha value is -2.03. The first-order valence-corrected chi connectivity index (χ1v) is 8.18. The van der Waals surface area contributed by atoms with Crippen LogP contribution in [-0.2, 0) is 13.0 Å². The molecule has 0 atom stereocenters. The molecule has 2 heterocycles. The van der Waals surface area contributed by atoms with Gasteiger partial charge in [-0.2, -0.15) is 0 Å². The summed E-state index contributed by atoms with van der Waals surface area (Å²) in [4.78, 5) is 4.72. The summed E-state index contributed by atoms with van der Waals surface area (Å²) >= 11 is 0. The summed E-state index contributed by atoms with van der Waals surface area (Å²) in [7, 11) is 0. The average Bonchev–Trinajstić information content (AvgIpc) is 2.91. The van der Waals surface area contributed by atoms with E-state index in [9.17, 15) is 0 Å². The van der Waals surface area contributed by atoms with Gasteiger partial charge in [0, 0.05) is 22.9 Å². The van der Waals surface area contributed by atoms with Crippen molar-refractivity contribution >= 4 is 21.8 Å². The molecule has 0 bridgehead atoms. The van der Waals surface area contributed by atoms with E-state index in [4.69, 9.17) is 9.72 Å². The molecule has 0 fully saturated rings. The van der Waals surface area contributed by atoms with E-state index < -0.39 is 0 Å². The first kappa shape index (κ1) is 13.6. The standard InChI is InChI=1S/C19H22N2O/c1-4-11-21-12-20-16-13-7-5-6-8-14(13)18-15(17(16)21)9-10-19(2,3)22-18/h5-8,12H,4,9-11H2,1-3H3. The van der Waals surface area contributed by atoms with E-state index in [2.05, 4.69) is 49.6 Å².